The van der Waals surface area contributed by atoms with Gasteiger partial charge in [-0.1, -0.05) is 13.8 Å². The summed E-state index contributed by atoms with van der Waals surface area (Å²) < 4.78 is 2.75. The third-order valence-corrected chi connectivity index (χ3v) is 2.91. The minimum absolute atomic E-state index is 0.282. The van der Waals surface area contributed by atoms with Crippen LogP contribution in [0.5, 0.6) is 0 Å². The van der Waals surface area contributed by atoms with Gasteiger partial charge in [0.1, 0.15) is 0 Å². The molecule has 0 aliphatic carbocycles. The van der Waals surface area contributed by atoms with Crippen LogP contribution in [-0.4, -0.2) is 9.13 Å². The predicted octanol–water partition coefficient (Wildman–Crippen LogP) is 0.938. The highest BCUT2D eigenvalue weighted by Gasteiger charge is 2.11. The van der Waals surface area contributed by atoms with Gasteiger partial charge in [0.05, 0.1) is 10.9 Å². The molecule has 5 heteroatoms. The average Bonchev–Trinajstić information content (AvgIpc) is 2.31. The van der Waals surface area contributed by atoms with Crippen molar-refractivity contribution < 1.29 is 0 Å². The fourth-order valence-electron chi connectivity index (χ4n) is 2.05. The number of benzene rings is 1. The van der Waals surface area contributed by atoms with Gasteiger partial charge in [-0.05, 0) is 24.1 Å². The smallest absolute Gasteiger partial charge is 0.331 e. The van der Waals surface area contributed by atoms with E-state index in [1.165, 1.54) is 7.05 Å². The van der Waals surface area contributed by atoms with Gasteiger partial charge in [-0.15, -0.1) is 0 Å². The summed E-state index contributed by atoms with van der Waals surface area (Å²) >= 11 is 0. The summed E-state index contributed by atoms with van der Waals surface area (Å²) in [6.07, 6.45) is 0. The number of hydrogen-bond donors (Lipinski definition) is 1. The fraction of sp³-hybridized carbons (Fsp3) is 0.385. The molecule has 2 N–H and O–H groups in total. The number of nitrogens with zero attached hydrogens (tertiary/aromatic N) is 2. The number of fused-ring (bicyclic) bond motifs is 1. The Balaban J connectivity index is 2.94. The van der Waals surface area contributed by atoms with Crippen LogP contribution in [0.4, 0.5) is 5.69 Å². The van der Waals surface area contributed by atoms with Crippen molar-refractivity contribution in [2.24, 2.45) is 13.0 Å². The van der Waals surface area contributed by atoms with E-state index in [0.29, 0.717) is 29.1 Å². The highest BCUT2D eigenvalue weighted by atomic mass is 16.2. The second-order valence-electron chi connectivity index (χ2n) is 4.93. The normalized spacial score (nSPS) is 11.3. The SMILES string of the molecule is CC(C)Cn1c(=O)n(C)c(=O)c2ccc(N)cc21. The van der Waals surface area contributed by atoms with Crippen molar-refractivity contribution in [1.82, 2.24) is 9.13 Å². The van der Waals surface area contributed by atoms with E-state index in [2.05, 4.69) is 0 Å². The largest absolute Gasteiger partial charge is 0.399 e. The quantitative estimate of drug-likeness (QED) is 0.803. The minimum Gasteiger partial charge on any atom is -0.399 e. The second-order valence-corrected chi connectivity index (χ2v) is 4.93. The lowest BCUT2D eigenvalue weighted by Gasteiger charge is -2.14. The van der Waals surface area contributed by atoms with Crippen molar-refractivity contribution in [3.05, 3.63) is 39.0 Å². The fourth-order valence-corrected chi connectivity index (χ4v) is 2.05. The maximum absolute atomic E-state index is 12.1. The minimum atomic E-state index is -0.299. The van der Waals surface area contributed by atoms with Crippen molar-refractivity contribution in [2.45, 2.75) is 20.4 Å². The van der Waals surface area contributed by atoms with Crippen LogP contribution in [0.15, 0.2) is 27.8 Å². The molecule has 0 saturated carbocycles. The standard InChI is InChI=1S/C13H17N3O2/c1-8(2)7-16-11-6-9(14)4-5-10(11)12(17)15(3)13(16)18/h4-6,8H,7,14H2,1-3H3. The van der Waals surface area contributed by atoms with E-state index in [4.69, 9.17) is 5.73 Å². The molecule has 1 heterocycles. The lowest BCUT2D eigenvalue weighted by Crippen LogP contribution is -2.38. The van der Waals surface area contributed by atoms with Gasteiger partial charge < -0.3 is 5.73 Å². The van der Waals surface area contributed by atoms with E-state index in [1.807, 2.05) is 13.8 Å². The van der Waals surface area contributed by atoms with Crippen molar-refractivity contribution in [3.63, 3.8) is 0 Å². The van der Waals surface area contributed by atoms with Crippen LogP contribution in [0.1, 0.15) is 13.8 Å². The number of aromatic nitrogens is 2. The number of rotatable bonds is 2. The number of hydrogen-bond acceptors (Lipinski definition) is 3. The van der Waals surface area contributed by atoms with Gasteiger partial charge in [0.25, 0.3) is 5.56 Å². The first-order chi connectivity index (χ1) is 8.41. The van der Waals surface area contributed by atoms with Crippen LogP contribution in [0.25, 0.3) is 10.9 Å². The molecule has 5 nitrogen and oxygen atoms in total. The van der Waals surface area contributed by atoms with Crippen molar-refractivity contribution in [2.75, 3.05) is 5.73 Å². The molecule has 0 bridgehead atoms. The molecular formula is C13H17N3O2. The zero-order valence-electron chi connectivity index (χ0n) is 10.8. The van der Waals surface area contributed by atoms with E-state index in [-0.39, 0.29) is 11.2 Å². The Bertz CT molecular complexity index is 710. The molecule has 18 heavy (non-hydrogen) atoms. The van der Waals surface area contributed by atoms with E-state index in [1.54, 1.807) is 22.8 Å². The molecule has 96 valence electrons. The summed E-state index contributed by atoms with van der Waals surface area (Å²) in [5, 5.41) is 0.520. The summed E-state index contributed by atoms with van der Waals surface area (Å²) in [5.74, 6) is 0.310. The van der Waals surface area contributed by atoms with Crippen LogP contribution < -0.4 is 17.0 Å². The Hall–Kier alpha value is -2.04. The summed E-state index contributed by atoms with van der Waals surface area (Å²) in [4.78, 5) is 24.1. The van der Waals surface area contributed by atoms with Crippen molar-refractivity contribution in [1.29, 1.82) is 0 Å². The molecule has 0 atom stereocenters. The zero-order valence-corrected chi connectivity index (χ0v) is 10.8. The van der Waals surface area contributed by atoms with Gasteiger partial charge in [-0.2, -0.15) is 0 Å². The molecule has 0 radical (unpaired) electrons. The van der Waals surface area contributed by atoms with E-state index in [9.17, 15) is 9.59 Å². The van der Waals surface area contributed by atoms with Crippen LogP contribution in [-0.2, 0) is 13.6 Å². The summed E-state index contributed by atoms with van der Waals surface area (Å²) in [6, 6.07) is 5.03. The monoisotopic (exact) mass is 247 g/mol. The third kappa shape index (κ3) is 1.92. The summed E-state index contributed by atoms with van der Waals surface area (Å²) in [6.45, 7) is 4.61. The Labute approximate surface area is 104 Å². The van der Waals surface area contributed by atoms with Gasteiger partial charge in [0.15, 0.2) is 0 Å². The highest BCUT2D eigenvalue weighted by Crippen LogP contribution is 2.13. The molecule has 1 aromatic carbocycles. The van der Waals surface area contributed by atoms with Gasteiger partial charge in [-0.25, -0.2) is 4.79 Å². The number of anilines is 1. The van der Waals surface area contributed by atoms with Gasteiger partial charge in [-0.3, -0.25) is 13.9 Å². The Morgan fingerprint density at radius 1 is 1.28 bits per heavy atom. The summed E-state index contributed by atoms with van der Waals surface area (Å²) in [5.41, 5.74) is 6.31. The first-order valence-corrected chi connectivity index (χ1v) is 5.91. The lowest BCUT2D eigenvalue weighted by atomic mass is 10.2. The molecule has 0 amide bonds. The molecule has 0 unspecified atom stereocenters. The lowest BCUT2D eigenvalue weighted by molar-refractivity contribution is 0.502. The highest BCUT2D eigenvalue weighted by molar-refractivity contribution is 5.81. The molecule has 1 aromatic heterocycles. The zero-order chi connectivity index (χ0) is 13.4. The molecule has 0 aliphatic rings. The van der Waals surface area contributed by atoms with Crippen molar-refractivity contribution >= 4 is 16.6 Å². The molecule has 0 spiro atoms. The van der Waals surface area contributed by atoms with Crippen LogP contribution >= 0.6 is 0 Å². The Morgan fingerprint density at radius 2 is 1.94 bits per heavy atom. The van der Waals surface area contributed by atoms with Gasteiger partial charge in [0.2, 0.25) is 0 Å². The molecule has 0 saturated heterocycles. The first-order valence-electron chi connectivity index (χ1n) is 5.91. The molecule has 0 aliphatic heterocycles. The van der Waals surface area contributed by atoms with E-state index in [0.717, 1.165) is 4.57 Å². The Morgan fingerprint density at radius 3 is 2.56 bits per heavy atom. The molecule has 0 fully saturated rings. The van der Waals surface area contributed by atoms with E-state index >= 15 is 0 Å². The first kappa shape index (κ1) is 12.4. The molecule has 2 rings (SSSR count). The van der Waals surface area contributed by atoms with Crippen molar-refractivity contribution in [3.8, 4) is 0 Å². The maximum Gasteiger partial charge on any atom is 0.331 e. The predicted molar refractivity (Wildman–Crippen MR) is 72.7 cm³/mol. The summed E-state index contributed by atoms with van der Waals surface area (Å²) in [7, 11) is 1.50. The van der Waals surface area contributed by atoms with E-state index < -0.39 is 0 Å². The molecule has 2 aromatic rings. The average molecular weight is 247 g/mol. The maximum atomic E-state index is 12.1. The van der Waals surface area contributed by atoms with Crippen LogP contribution in [0.3, 0.4) is 0 Å². The van der Waals surface area contributed by atoms with Crippen LogP contribution in [0.2, 0.25) is 0 Å². The topological polar surface area (TPSA) is 70.0 Å². The van der Waals surface area contributed by atoms with Gasteiger partial charge in [0, 0.05) is 19.3 Å². The van der Waals surface area contributed by atoms with Gasteiger partial charge >= 0.3 is 5.69 Å². The second kappa shape index (κ2) is 4.33. The number of nitrogen functional groups attached to an aromatic ring is 1. The Kier molecular flexibility index (Phi) is 2.98. The number of nitrogens with two attached hydrogens (primary N) is 1. The van der Waals surface area contributed by atoms with Crippen LogP contribution in [0, 0.1) is 5.92 Å². The third-order valence-electron chi connectivity index (χ3n) is 2.91. The molecular weight excluding hydrogens is 230 g/mol.